The molecule has 0 aromatic rings. The summed E-state index contributed by atoms with van der Waals surface area (Å²) in [5.74, 6) is 0. The van der Waals surface area contributed by atoms with E-state index in [2.05, 4.69) is 0 Å². The Bertz CT molecular complexity index is 8.00. The Balaban J connectivity index is 0. The Kier molecular flexibility index (Phi) is 115. The molecule has 0 aliphatic carbocycles. The van der Waals surface area contributed by atoms with E-state index in [0.717, 1.165) is 0 Å². The van der Waals surface area contributed by atoms with Gasteiger partial charge in [0, 0.05) is 93.0 Å². The number of hydrogen-bond donors (Lipinski definition) is 0. The minimum Gasteiger partial charge on any atom is 0 e. The van der Waals surface area contributed by atoms with Gasteiger partial charge in [0.15, 0.2) is 0 Å². The first-order valence-corrected chi connectivity index (χ1v) is 0. The fourth-order valence-corrected chi connectivity index (χ4v) is 0. The maximum Gasteiger partial charge on any atom is 0 e. The van der Waals surface area contributed by atoms with Crippen LogP contribution in [0.3, 0.4) is 0 Å². The van der Waals surface area contributed by atoms with E-state index < -0.39 is 0 Å². The molecule has 0 saturated carbocycles. The van der Waals surface area contributed by atoms with Gasteiger partial charge in [0.2, 0.25) is 0 Å². The van der Waals surface area contributed by atoms with Gasteiger partial charge < -0.3 is 0 Å². The van der Waals surface area contributed by atoms with Gasteiger partial charge in [0.25, 0.3) is 0 Å². The van der Waals surface area contributed by atoms with Gasteiger partial charge in [0.05, 0.1) is 0 Å². The van der Waals surface area contributed by atoms with Gasteiger partial charge >= 0.3 is 0 Å². The molecule has 4 heavy (non-hydrogen) atoms. The first-order chi connectivity index (χ1) is 0. The molecule has 0 N–H and O–H groups in total. The Labute approximate surface area is 91.1 Å². The average Bonchev–Trinajstić information content (AvgIpc) is 0. The maximum atomic E-state index is 0. The monoisotopic (exact) mass is 587 g/mol. The molecule has 0 fully saturated rings. The quantitative estimate of drug-likeness (QED) is 0.327. The second-order valence-electron chi connectivity index (χ2n) is 0. The predicted octanol–water partition coefficient (Wildman–Crippen LogP) is -0.767. The van der Waals surface area contributed by atoms with Crippen molar-refractivity contribution in [1.82, 2.24) is 0 Å². The van der Waals surface area contributed by atoms with Gasteiger partial charge in [-0.05, 0) is 0 Å². The van der Waals surface area contributed by atoms with E-state index in [1.54, 1.807) is 0 Å². The van der Waals surface area contributed by atoms with Gasteiger partial charge in [-0.1, -0.05) is 0 Å². The average molecular weight is 588 g/mol. The van der Waals surface area contributed by atoms with E-state index in [9.17, 15) is 0 Å². The SMILES string of the molecule is [Ag].[Bi].[Cu].[Pb]. The fourth-order valence-electron chi connectivity index (χ4n) is 0. The summed E-state index contributed by atoms with van der Waals surface area (Å²) in [7, 11) is 0. The van der Waals surface area contributed by atoms with E-state index in [-0.39, 0.29) is 93.0 Å². The van der Waals surface area contributed by atoms with Gasteiger partial charge in [0.1, 0.15) is 0 Å². The van der Waals surface area contributed by atoms with Crippen molar-refractivity contribution in [1.29, 1.82) is 0 Å². The van der Waals surface area contributed by atoms with Crippen molar-refractivity contribution in [3.8, 4) is 0 Å². The molecule has 0 unspecified atom stereocenters. The molecule has 31 valence electrons. The summed E-state index contributed by atoms with van der Waals surface area (Å²) in [6.45, 7) is 0. The molecule has 0 bridgehead atoms. The van der Waals surface area contributed by atoms with Crippen molar-refractivity contribution in [2.75, 3.05) is 0 Å². The van der Waals surface area contributed by atoms with Crippen molar-refractivity contribution >= 4 is 53.5 Å². The predicted molar refractivity (Wildman–Crippen MR) is 11.5 cm³/mol. The third-order valence-electron chi connectivity index (χ3n) is 0. The van der Waals surface area contributed by atoms with E-state index >= 15 is 0 Å². The largest absolute Gasteiger partial charge is 0 e. The summed E-state index contributed by atoms with van der Waals surface area (Å²) in [5.41, 5.74) is 0. The van der Waals surface area contributed by atoms with Crippen LogP contribution in [0.2, 0.25) is 0 Å². The molecular formula is AgBiCuPb. The van der Waals surface area contributed by atoms with E-state index in [1.807, 2.05) is 0 Å². The molecule has 0 spiro atoms. The maximum absolute atomic E-state index is 0. The van der Waals surface area contributed by atoms with Crippen LogP contribution in [0.4, 0.5) is 0 Å². The van der Waals surface area contributed by atoms with Crippen LogP contribution >= 0.6 is 0 Å². The molecule has 0 heterocycles. The molecule has 0 aliphatic heterocycles. The molecular weight excluding hydrogens is 588 g/mol. The number of hydrogen-bond acceptors (Lipinski definition) is 0. The van der Waals surface area contributed by atoms with Crippen LogP contribution in [0.5, 0.6) is 0 Å². The van der Waals surface area contributed by atoms with Gasteiger partial charge in [-0.15, -0.1) is 0 Å². The summed E-state index contributed by atoms with van der Waals surface area (Å²) in [6.07, 6.45) is 0. The third-order valence-corrected chi connectivity index (χ3v) is 0. The van der Waals surface area contributed by atoms with Crippen LogP contribution in [-0.4, -0.2) is 53.5 Å². The standard InChI is InChI=1S/Ag.Bi.Cu.Pb. The molecule has 0 amide bonds. The first-order valence-electron chi connectivity index (χ1n) is 0. The molecule has 0 aliphatic rings. The Morgan fingerprint density at radius 2 is 1.00 bits per heavy atom. The van der Waals surface area contributed by atoms with E-state index in [4.69, 9.17) is 0 Å². The molecule has 0 rings (SSSR count). The molecule has 0 atom stereocenters. The number of rotatable bonds is 0. The topological polar surface area (TPSA) is 0 Å². The van der Waals surface area contributed by atoms with E-state index in [1.165, 1.54) is 0 Å². The summed E-state index contributed by atoms with van der Waals surface area (Å²) in [4.78, 5) is 0. The Morgan fingerprint density at radius 1 is 1.00 bits per heavy atom. The van der Waals surface area contributed by atoms with Crippen molar-refractivity contribution in [3.05, 3.63) is 0 Å². The van der Waals surface area contributed by atoms with E-state index in [0.29, 0.717) is 0 Å². The summed E-state index contributed by atoms with van der Waals surface area (Å²) >= 11 is 0. The van der Waals surface area contributed by atoms with Crippen LogP contribution in [0.15, 0.2) is 0 Å². The van der Waals surface area contributed by atoms with Gasteiger partial charge in [-0.2, -0.15) is 0 Å². The Morgan fingerprint density at radius 3 is 1.00 bits per heavy atom. The van der Waals surface area contributed by atoms with Crippen molar-refractivity contribution in [2.24, 2.45) is 0 Å². The molecule has 4 heteroatoms. The van der Waals surface area contributed by atoms with Crippen LogP contribution in [0.1, 0.15) is 0 Å². The van der Waals surface area contributed by atoms with Crippen molar-refractivity contribution < 1.29 is 39.4 Å². The van der Waals surface area contributed by atoms with Crippen LogP contribution in [0, 0.1) is 0 Å². The molecule has 0 aromatic heterocycles. The zero-order valence-electron chi connectivity index (χ0n) is 1.55. The smallest absolute Gasteiger partial charge is 0 e. The molecule has 0 aromatic carbocycles. The summed E-state index contributed by atoms with van der Waals surface area (Å²) in [5, 5.41) is 0. The first kappa shape index (κ1) is 27.7. The normalized spacial score (nSPS) is 0. The second kappa shape index (κ2) is 16.6. The minimum absolute atomic E-state index is 0. The van der Waals surface area contributed by atoms with Crippen LogP contribution < -0.4 is 0 Å². The molecule has 0 saturated heterocycles. The fraction of sp³-hybridized carbons (Fsp3) is 0. The molecule has 9 radical (unpaired) electrons. The zero-order valence-corrected chi connectivity index (χ0v) is 11.3. The minimum atomic E-state index is 0. The van der Waals surface area contributed by atoms with Crippen LogP contribution in [-0.2, 0) is 39.4 Å². The summed E-state index contributed by atoms with van der Waals surface area (Å²) in [6, 6.07) is 0. The molecule has 0 nitrogen and oxygen atoms in total. The van der Waals surface area contributed by atoms with Gasteiger partial charge in [-0.3, -0.25) is 0 Å². The van der Waals surface area contributed by atoms with Gasteiger partial charge in [-0.25, -0.2) is 0 Å². The Hall–Kier alpha value is 3.06. The van der Waals surface area contributed by atoms with Crippen molar-refractivity contribution in [2.45, 2.75) is 0 Å². The van der Waals surface area contributed by atoms with Crippen LogP contribution in [0.25, 0.3) is 0 Å². The second-order valence-corrected chi connectivity index (χ2v) is 0. The zero-order chi connectivity index (χ0) is 0. The van der Waals surface area contributed by atoms with Crippen molar-refractivity contribution in [3.63, 3.8) is 0 Å². The summed E-state index contributed by atoms with van der Waals surface area (Å²) < 4.78 is 0. The third kappa shape index (κ3) is 8.91.